The van der Waals surface area contributed by atoms with E-state index in [1.54, 1.807) is 25.4 Å². The van der Waals surface area contributed by atoms with Crippen LogP contribution in [-0.4, -0.2) is 60.2 Å². The Bertz CT molecular complexity index is 1080. The number of carbonyl (C=O) groups excluding carboxylic acids is 1. The van der Waals surface area contributed by atoms with Crippen molar-refractivity contribution in [3.63, 3.8) is 0 Å². The van der Waals surface area contributed by atoms with Crippen LogP contribution in [0.2, 0.25) is 0 Å². The Balaban J connectivity index is 1.25. The normalized spacial score (nSPS) is 16.0. The number of pyridine rings is 1. The molecule has 7 nitrogen and oxygen atoms in total. The van der Waals surface area contributed by atoms with Crippen LogP contribution >= 0.6 is 0 Å². The highest BCUT2D eigenvalue weighted by molar-refractivity contribution is 5.92. The molecule has 0 radical (unpaired) electrons. The summed E-state index contributed by atoms with van der Waals surface area (Å²) in [4.78, 5) is 18.8. The highest BCUT2D eigenvalue weighted by Crippen LogP contribution is 2.27. The molecule has 1 atom stereocenters. The molecule has 1 saturated heterocycles. The second kappa shape index (κ2) is 10.7. The molecule has 1 aromatic heterocycles. The maximum atomic E-state index is 13.0. The van der Waals surface area contributed by atoms with E-state index in [-0.39, 0.29) is 24.3 Å². The van der Waals surface area contributed by atoms with Crippen molar-refractivity contribution in [2.24, 2.45) is 0 Å². The molecular weight excluding hydrogens is 423 g/mol. The number of carbonyl (C=O) groups is 1. The third-order valence-corrected chi connectivity index (χ3v) is 6.04. The summed E-state index contributed by atoms with van der Waals surface area (Å²) in [6.45, 7) is 2.41. The molecule has 2 heterocycles. The molecule has 1 aliphatic rings. The first kappa shape index (κ1) is 23.1. The van der Waals surface area contributed by atoms with Gasteiger partial charge in [-0.05, 0) is 80.0 Å². The highest BCUT2D eigenvalue weighted by Gasteiger charge is 2.23. The van der Waals surface area contributed by atoms with Crippen LogP contribution in [0.5, 0.6) is 5.75 Å². The van der Waals surface area contributed by atoms with Crippen LogP contribution in [0.4, 0.5) is 10.1 Å². The number of piperidine rings is 1. The maximum absolute atomic E-state index is 13.0. The summed E-state index contributed by atoms with van der Waals surface area (Å²) >= 11 is 0. The summed E-state index contributed by atoms with van der Waals surface area (Å²) in [6.07, 6.45) is 2.87. The Morgan fingerprint density at radius 2 is 1.97 bits per heavy atom. The van der Waals surface area contributed by atoms with Gasteiger partial charge in [-0.1, -0.05) is 0 Å². The Morgan fingerprint density at radius 1 is 1.21 bits per heavy atom. The summed E-state index contributed by atoms with van der Waals surface area (Å²) in [5.74, 6) is 0.249. The lowest BCUT2D eigenvalue weighted by atomic mass is 10.0. The average molecular weight is 453 g/mol. The van der Waals surface area contributed by atoms with E-state index in [1.165, 1.54) is 12.1 Å². The highest BCUT2D eigenvalue weighted by atomic mass is 19.1. The molecule has 3 aromatic rings. The van der Waals surface area contributed by atoms with Crippen molar-refractivity contribution in [1.82, 2.24) is 15.2 Å². The zero-order valence-electron chi connectivity index (χ0n) is 18.6. The Kier molecular flexibility index (Phi) is 7.49. The SMILES string of the molecule is COc1ccc2nccc(C(O)CN3CCC(NCC(=O)Nc4ccc(F)cc4)CC3)c2c1. The number of benzene rings is 2. The average Bonchev–Trinajstić information content (AvgIpc) is 2.84. The summed E-state index contributed by atoms with van der Waals surface area (Å²) in [5.41, 5.74) is 2.25. The molecule has 1 unspecified atom stereocenters. The van der Waals surface area contributed by atoms with Crippen molar-refractivity contribution in [2.45, 2.75) is 25.0 Å². The van der Waals surface area contributed by atoms with Gasteiger partial charge in [-0.3, -0.25) is 9.78 Å². The standard InChI is InChI=1S/C25H29FN4O3/c1-33-20-6-7-23-22(14-20)21(8-11-27-23)24(31)16-30-12-9-18(10-13-30)28-15-25(32)29-19-4-2-17(26)3-5-19/h2-8,11,14,18,24,28,31H,9-10,12-13,15-16H2,1H3,(H,29,32). The lowest BCUT2D eigenvalue weighted by molar-refractivity contribution is -0.115. The van der Waals surface area contributed by atoms with Crippen LogP contribution < -0.4 is 15.4 Å². The van der Waals surface area contributed by atoms with Gasteiger partial charge < -0.3 is 25.4 Å². The molecule has 33 heavy (non-hydrogen) atoms. The molecule has 0 saturated carbocycles. The largest absolute Gasteiger partial charge is 0.497 e. The first-order valence-corrected chi connectivity index (χ1v) is 11.1. The number of likely N-dealkylation sites (tertiary alicyclic amines) is 1. The van der Waals surface area contributed by atoms with E-state index in [9.17, 15) is 14.3 Å². The third-order valence-electron chi connectivity index (χ3n) is 6.04. The van der Waals surface area contributed by atoms with Crippen LogP contribution in [0, 0.1) is 5.82 Å². The second-order valence-corrected chi connectivity index (χ2v) is 8.31. The molecule has 3 N–H and O–H groups in total. The number of methoxy groups -OCH3 is 1. The molecular formula is C25H29FN4O3. The van der Waals surface area contributed by atoms with Gasteiger partial charge in [0.25, 0.3) is 0 Å². The minimum atomic E-state index is -0.631. The molecule has 0 aliphatic carbocycles. The van der Waals surface area contributed by atoms with Crippen molar-refractivity contribution in [3.05, 3.63) is 66.1 Å². The minimum Gasteiger partial charge on any atom is -0.497 e. The van der Waals surface area contributed by atoms with Crippen molar-refractivity contribution in [1.29, 1.82) is 0 Å². The lowest BCUT2D eigenvalue weighted by Crippen LogP contribution is -2.45. The number of fused-ring (bicyclic) bond motifs is 1. The number of hydrogen-bond acceptors (Lipinski definition) is 6. The topological polar surface area (TPSA) is 86.7 Å². The van der Waals surface area contributed by atoms with Crippen LogP contribution in [0.15, 0.2) is 54.7 Å². The van der Waals surface area contributed by atoms with E-state index in [2.05, 4.69) is 20.5 Å². The molecule has 1 fully saturated rings. The summed E-state index contributed by atoms with van der Waals surface area (Å²) < 4.78 is 18.3. The van der Waals surface area contributed by atoms with E-state index in [0.29, 0.717) is 12.2 Å². The van der Waals surface area contributed by atoms with Crippen molar-refractivity contribution in [3.8, 4) is 5.75 Å². The first-order chi connectivity index (χ1) is 16.0. The molecule has 2 aromatic carbocycles. The van der Waals surface area contributed by atoms with E-state index in [4.69, 9.17) is 4.74 Å². The molecule has 0 spiro atoms. The summed E-state index contributed by atoms with van der Waals surface area (Å²) in [6, 6.07) is 13.5. The number of anilines is 1. The van der Waals surface area contributed by atoms with E-state index in [1.807, 2.05) is 24.3 Å². The quantitative estimate of drug-likeness (QED) is 0.487. The molecule has 4 rings (SSSR count). The number of hydrogen-bond donors (Lipinski definition) is 3. The molecule has 0 bridgehead atoms. The van der Waals surface area contributed by atoms with Gasteiger partial charge in [0.05, 0.1) is 25.3 Å². The smallest absolute Gasteiger partial charge is 0.238 e. The van der Waals surface area contributed by atoms with E-state index in [0.717, 1.165) is 48.1 Å². The van der Waals surface area contributed by atoms with Gasteiger partial charge in [-0.25, -0.2) is 4.39 Å². The number of nitrogens with one attached hydrogen (secondary N) is 2. The number of aliphatic hydroxyl groups is 1. The van der Waals surface area contributed by atoms with Gasteiger partial charge >= 0.3 is 0 Å². The Morgan fingerprint density at radius 3 is 2.70 bits per heavy atom. The van der Waals surface area contributed by atoms with Crippen LogP contribution in [0.3, 0.4) is 0 Å². The second-order valence-electron chi connectivity index (χ2n) is 8.31. The number of rotatable bonds is 8. The molecule has 8 heteroatoms. The first-order valence-electron chi connectivity index (χ1n) is 11.1. The van der Waals surface area contributed by atoms with Crippen molar-refractivity contribution >= 4 is 22.5 Å². The van der Waals surface area contributed by atoms with E-state index >= 15 is 0 Å². The minimum absolute atomic E-state index is 0.153. The Hall–Kier alpha value is -3.07. The fourth-order valence-electron chi connectivity index (χ4n) is 4.20. The number of aliphatic hydroxyl groups excluding tert-OH is 1. The molecule has 174 valence electrons. The summed E-state index contributed by atoms with van der Waals surface area (Å²) in [5, 5.41) is 17.9. The van der Waals surface area contributed by atoms with Gasteiger partial charge in [0, 0.05) is 29.9 Å². The molecule has 1 aliphatic heterocycles. The fourth-order valence-corrected chi connectivity index (χ4v) is 4.20. The predicted molar refractivity (Wildman–Crippen MR) is 126 cm³/mol. The van der Waals surface area contributed by atoms with E-state index < -0.39 is 6.10 Å². The van der Waals surface area contributed by atoms with Gasteiger partial charge in [-0.15, -0.1) is 0 Å². The monoisotopic (exact) mass is 452 g/mol. The fraction of sp³-hybridized carbons (Fsp3) is 0.360. The van der Waals surface area contributed by atoms with Gasteiger partial charge in [0.15, 0.2) is 0 Å². The number of amides is 1. The lowest BCUT2D eigenvalue weighted by Gasteiger charge is -2.33. The third kappa shape index (κ3) is 6.04. The maximum Gasteiger partial charge on any atom is 0.238 e. The number of β-amino-alcohol motifs (C(OH)–C–C–N with tert-alkyl or cyclic N) is 1. The van der Waals surface area contributed by atoms with Gasteiger partial charge in [-0.2, -0.15) is 0 Å². The van der Waals surface area contributed by atoms with Crippen molar-refractivity contribution < 1.29 is 19.0 Å². The summed E-state index contributed by atoms with van der Waals surface area (Å²) in [7, 11) is 1.62. The number of aromatic nitrogens is 1. The van der Waals surface area contributed by atoms with Crippen LogP contribution in [-0.2, 0) is 4.79 Å². The Labute approximate surface area is 192 Å². The zero-order valence-corrected chi connectivity index (χ0v) is 18.6. The predicted octanol–water partition coefficient (Wildman–Crippen LogP) is 3.11. The van der Waals surface area contributed by atoms with Crippen molar-refractivity contribution in [2.75, 3.05) is 38.6 Å². The van der Waals surface area contributed by atoms with Gasteiger partial charge in [0.2, 0.25) is 5.91 Å². The zero-order chi connectivity index (χ0) is 23.2. The molecule has 1 amide bonds. The van der Waals surface area contributed by atoms with Crippen LogP contribution in [0.1, 0.15) is 24.5 Å². The number of halogens is 1. The number of ether oxygens (including phenoxy) is 1. The van der Waals surface area contributed by atoms with Crippen LogP contribution in [0.25, 0.3) is 10.9 Å². The number of nitrogens with zero attached hydrogens (tertiary/aromatic N) is 2. The van der Waals surface area contributed by atoms with Gasteiger partial charge in [0.1, 0.15) is 11.6 Å².